The molecule has 1 unspecified atom stereocenters. The summed E-state index contributed by atoms with van der Waals surface area (Å²) in [5.74, 6) is 0. The van der Waals surface area contributed by atoms with Gasteiger partial charge in [0.05, 0.1) is 0 Å². The molecule has 1 atom stereocenters. The Morgan fingerprint density at radius 3 is 2.46 bits per heavy atom. The summed E-state index contributed by atoms with van der Waals surface area (Å²) in [7, 11) is 2.10. The molecule has 0 spiro atoms. The third kappa shape index (κ3) is 2.13. The van der Waals surface area contributed by atoms with E-state index in [0.717, 1.165) is 12.8 Å². The van der Waals surface area contributed by atoms with Crippen molar-refractivity contribution in [2.75, 3.05) is 0 Å². The van der Waals surface area contributed by atoms with Crippen LogP contribution in [-0.2, 0) is 13.5 Å². The molecule has 1 aromatic heterocycles. The highest BCUT2D eigenvalue weighted by Crippen LogP contribution is 2.15. The zero-order valence-electron chi connectivity index (χ0n) is 9.09. The number of nitrogens with two attached hydrogens (primary N) is 1. The van der Waals surface area contributed by atoms with Gasteiger partial charge >= 0.3 is 0 Å². The second-order valence-corrected chi connectivity index (χ2v) is 3.83. The molecule has 0 bridgehead atoms. The van der Waals surface area contributed by atoms with E-state index in [-0.39, 0.29) is 0 Å². The molecule has 0 saturated carbocycles. The molecule has 0 radical (unpaired) electrons. The molecule has 0 fully saturated rings. The molecular formula is C11H20N2. The van der Waals surface area contributed by atoms with E-state index in [4.69, 9.17) is 5.73 Å². The highest BCUT2D eigenvalue weighted by molar-refractivity contribution is 5.27. The number of aryl methyl sites for hydroxylation is 1. The van der Waals surface area contributed by atoms with E-state index < -0.39 is 0 Å². The van der Waals surface area contributed by atoms with Crippen molar-refractivity contribution in [2.45, 2.75) is 39.7 Å². The lowest BCUT2D eigenvalue weighted by molar-refractivity contribution is 0.643. The first-order chi connectivity index (χ1) is 6.06. The zero-order valence-corrected chi connectivity index (χ0v) is 9.09. The van der Waals surface area contributed by atoms with Crippen LogP contribution < -0.4 is 5.73 Å². The Morgan fingerprint density at radius 1 is 1.46 bits per heavy atom. The maximum absolute atomic E-state index is 5.92. The molecule has 2 nitrogen and oxygen atoms in total. The van der Waals surface area contributed by atoms with Crippen molar-refractivity contribution in [3.05, 3.63) is 23.0 Å². The first-order valence-corrected chi connectivity index (χ1v) is 4.93. The van der Waals surface area contributed by atoms with E-state index in [1.54, 1.807) is 0 Å². The highest BCUT2D eigenvalue weighted by atomic mass is 14.9. The number of aromatic nitrogens is 1. The first kappa shape index (κ1) is 10.3. The van der Waals surface area contributed by atoms with Crippen LogP contribution in [0.1, 0.15) is 30.3 Å². The maximum atomic E-state index is 5.92. The molecule has 0 aliphatic carbocycles. The lowest BCUT2D eigenvalue weighted by atomic mass is 10.1. The zero-order chi connectivity index (χ0) is 10.0. The summed E-state index contributed by atoms with van der Waals surface area (Å²) in [5, 5.41) is 0. The van der Waals surface area contributed by atoms with Crippen LogP contribution in [0.15, 0.2) is 6.07 Å². The lowest BCUT2D eigenvalue weighted by Gasteiger charge is -2.08. The van der Waals surface area contributed by atoms with Gasteiger partial charge in [-0.3, -0.25) is 0 Å². The normalized spacial score (nSPS) is 13.3. The van der Waals surface area contributed by atoms with Gasteiger partial charge < -0.3 is 10.3 Å². The second kappa shape index (κ2) is 3.97. The predicted octanol–water partition coefficient (Wildman–Crippen LogP) is 1.92. The van der Waals surface area contributed by atoms with Crippen LogP contribution in [0, 0.1) is 13.8 Å². The van der Waals surface area contributed by atoms with Crippen molar-refractivity contribution in [1.29, 1.82) is 0 Å². The maximum Gasteiger partial charge on any atom is 0.0175 e. The van der Waals surface area contributed by atoms with Crippen LogP contribution in [-0.4, -0.2) is 10.6 Å². The summed E-state index contributed by atoms with van der Waals surface area (Å²) < 4.78 is 2.22. The molecule has 1 aromatic rings. The summed E-state index contributed by atoms with van der Waals surface area (Å²) in [6, 6.07) is 2.55. The van der Waals surface area contributed by atoms with Gasteiger partial charge in [-0.15, -0.1) is 0 Å². The Labute approximate surface area is 80.7 Å². The fourth-order valence-electron chi connectivity index (χ4n) is 1.57. The summed E-state index contributed by atoms with van der Waals surface area (Å²) in [4.78, 5) is 0. The third-order valence-corrected chi connectivity index (χ3v) is 2.89. The van der Waals surface area contributed by atoms with E-state index in [1.807, 2.05) is 0 Å². The van der Waals surface area contributed by atoms with Gasteiger partial charge in [-0.25, -0.2) is 0 Å². The first-order valence-electron chi connectivity index (χ1n) is 4.93. The molecule has 74 valence electrons. The molecule has 0 amide bonds. The summed E-state index contributed by atoms with van der Waals surface area (Å²) >= 11 is 0. The molecule has 0 saturated heterocycles. The average Bonchev–Trinajstić information content (AvgIpc) is 2.34. The van der Waals surface area contributed by atoms with E-state index in [2.05, 4.69) is 38.5 Å². The molecule has 1 rings (SSSR count). The van der Waals surface area contributed by atoms with Crippen molar-refractivity contribution >= 4 is 0 Å². The van der Waals surface area contributed by atoms with E-state index in [1.165, 1.54) is 17.0 Å². The second-order valence-electron chi connectivity index (χ2n) is 3.83. The smallest absolute Gasteiger partial charge is 0.0175 e. The molecule has 0 aliphatic heterocycles. The molecule has 0 aromatic carbocycles. The molecule has 1 heterocycles. The Kier molecular flexibility index (Phi) is 3.15. The lowest BCUT2D eigenvalue weighted by Crippen LogP contribution is -2.21. The summed E-state index contributed by atoms with van der Waals surface area (Å²) in [6.07, 6.45) is 2.05. The standard InChI is InChI=1S/C11H20N2/c1-5-11(12)7-10-6-8(2)13(4)9(10)3/h6,11H,5,7,12H2,1-4H3. The average molecular weight is 180 g/mol. The fraction of sp³-hybridized carbons (Fsp3) is 0.636. The van der Waals surface area contributed by atoms with Crippen LogP contribution >= 0.6 is 0 Å². The van der Waals surface area contributed by atoms with E-state index in [0.29, 0.717) is 6.04 Å². The Balaban J connectivity index is 2.83. The topological polar surface area (TPSA) is 30.9 Å². The van der Waals surface area contributed by atoms with Crippen LogP contribution in [0.25, 0.3) is 0 Å². The van der Waals surface area contributed by atoms with Crippen molar-refractivity contribution in [2.24, 2.45) is 12.8 Å². The Morgan fingerprint density at radius 2 is 2.08 bits per heavy atom. The molecular weight excluding hydrogens is 160 g/mol. The molecule has 0 aliphatic rings. The molecule has 13 heavy (non-hydrogen) atoms. The minimum atomic E-state index is 0.306. The number of hydrogen-bond acceptors (Lipinski definition) is 1. The minimum absolute atomic E-state index is 0.306. The SMILES string of the molecule is CCC(N)Cc1cc(C)n(C)c1C. The summed E-state index contributed by atoms with van der Waals surface area (Å²) in [5.41, 5.74) is 9.99. The van der Waals surface area contributed by atoms with Crippen molar-refractivity contribution in [1.82, 2.24) is 4.57 Å². The van der Waals surface area contributed by atoms with Crippen molar-refractivity contribution in [3.8, 4) is 0 Å². The van der Waals surface area contributed by atoms with Gasteiger partial charge in [-0.2, -0.15) is 0 Å². The van der Waals surface area contributed by atoms with E-state index in [9.17, 15) is 0 Å². The third-order valence-electron chi connectivity index (χ3n) is 2.89. The van der Waals surface area contributed by atoms with Gasteiger partial charge in [0, 0.05) is 24.5 Å². The van der Waals surface area contributed by atoms with Crippen molar-refractivity contribution < 1.29 is 0 Å². The molecule has 2 heteroatoms. The Bertz CT molecular complexity index is 287. The van der Waals surface area contributed by atoms with Gasteiger partial charge in [0.15, 0.2) is 0 Å². The van der Waals surface area contributed by atoms with Gasteiger partial charge in [-0.05, 0) is 38.3 Å². The number of rotatable bonds is 3. The quantitative estimate of drug-likeness (QED) is 0.757. The monoisotopic (exact) mass is 180 g/mol. The van der Waals surface area contributed by atoms with E-state index >= 15 is 0 Å². The van der Waals surface area contributed by atoms with Crippen LogP contribution in [0.2, 0.25) is 0 Å². The number of nitrogens with zero attached hydrogens (tertiary/aromatic N) is 1. The highest BCUT2D eigenvalue weighted by Gasteiger charge is 2.08. The Hall–Kier alpha value is -0.760. The van der Waals surface area contributed by atoms with Crippen LogP contribution in [0.5, 0.6) is 0 Å². The minimum Gasteiger partial charge on any atom is -0.352 e. The van der Waals surface area contributed by atoms with Gasteiger partial charge in [0.2, 0.25) is 0 Å². The van der Waals surface area contributed by atoms with Gasteiger partial charge in [0.25, 0.3) is 0 Å². The van der Waals surface area contributed by atoms with Gasteiger partial charge in [-0.1, -0.05) is 6.92 Å². The fourth-order valence-corrected chi connectivity index (χ4v) is 1.57. The predicted molar refractivity (Wildman–Crippen MR) is 56.9 cm³/mol. The largest absolute Gasteiger partial charge is 0.352 e. The van der Waals surface area contributed by atoms with Crippen LogP contribution in [0.3, 0.4) is 0 Å². The van der Waals surface area contributed by atoms with Gasteiger partial charge in [0.1, 0.15) is 0 Å². The number of hydrogen-bond donors (Lipinski definition) is 1. The van der Waals surface area contributed by atoms with Crippen LogP contribution in [0.4, 0.5) is 0 Å². The van der Waals surface area contributed by atoms with Crippen molar-refractivity contribution in [3.63, 3.8) is 0 Å². The summed E-state index contributed by atoms with van der Waals surface area (Å²) in [6.45, 7) is 6.43. The molecule has 2 N–H and O–H groups in total.